The Hall–Kier alpha value is -6.86. The van der Waals surface area contributed by atoms with E-state index in [1.165, 1.54) is 11.1 Å². The molecule has 5 aromatic carbocycles. The van der Waals surface area contributed by atoms with Gasteiger partial charge in [-0.1, -0.05) is 157 Å². The van der Waals surface area contributed by atoms with Crippen molar-refractivity contribution in [3.05, 3.63) is 206 Å². The molecule has 4 aliphatic rings. The minimum Gasteiger partial charge on any atom is -0.423 e. The van der Waals surface area contributed by atoms with E-state index in [9.17, 15) is 0 Å². The van der Waals surface area contributed by atoms with Gasteiger partial charge in [-0.05, 0) is 76.3 Å². The van der Waals surface area contributed by atoms with Crippen LogP contribution in [0.3, 0.4) is 0 Å². The first-order valence-corrected chi connectivity index (χ1v) is 18.4. The van der Waals surface area contributed by atoms with E-state index in [-0.39, 0.29) is 20.9 Å². The van der Waals surface area contributed by atoms with Gasteiger partial charge in [-0.2, -0.15) is 0 Å². The van der Waals surface area contributed by atoms with Crippen molar-refractivity contribution in [3.63, 3.8) is 0 Å². The zero-order valence-electron chi connectivity index (χ0n) is 29.5. The second kappa shape index (κ2) is 13.6. The highest BCUT2D eigenvalue weighted by atomic mass is 15.3. The zero-order valence-corrected chi connectivity index (χ0v) is 29.5. The van der Waals surface area contributed by atoms with Crippen LogP contribution in [0.4, 0.5) is 0 Å². The summed E-state index contributed by atoms with van der Waals surface area (Å²) in [4.78, 5) is 15.2. The van der Waals surface area contributed by atoms with E-state index in [1.54, 1.807) is 0 Å². The molecule has 0 N–H and O–H groups in total. The summed E-state index contributed by atoms with van der Waals surface area (Å²) in [6.45, 7) is 0.312. The first-order valence-electron chi connectivity index (χ1n) is 18.4. The topological polar surface area (TPSA) is 48.4 Å². The van der Waals surface area contributed by atoms with E-state index in [0.29, 0.717) is 17.5 Å². The van der Waals surface area contributed by atoms with Crippen molar-refractivity contribution in [2.45, 2.75) is 0 Å². The second-order valence-electron chi connectivity index (χ2n) is 13.7. The Morgan fingerprint density at radius 3 is 1.46 bits per heavy atom. The van der Waals surface area contributed by atoms with E-state index < -0.39 is 0 Å². The summed E-state index contributed by atoms with van der Waals surface area (Å²) in [5.41, 5.74) is 9.72. The number of benzene rings is 5. The Balaban J connectivity index is 1.07. The fraction of sp³-hybridized carbons (Fsp3) is 0. The summed E-state index contributed by atoms with van der Waals surface area (Å²) < 4.78 is 7.24. The van der Waals surface area contributed by atoms with Crippen molar-refractivity contribution in [1.82, 2.24) is 29.1 Å². The molecule has 9 heteroatoms. The van der Waals surface area contributed by atoms with E-state index in [1.807, 2.05) is 36.4 Å². The highest BCUT2D eigenvalue weighted by Gasteiger charge is 2.49. The third kappa shape index (κ3) is 5.80. The Kier molecular flexibility index (Phi) is 8.02. The average Bonchev–Trinajstić information content (AvgIpc) is 3.27. The first kappa shape index (κ1) is 31.8. The van der Waals surface area contributed by atoms with Gasteiger partial charge >= 0.3 is 20.9 Å². The van der Waals surface area contributed by atoms with Crippen LogP contribution >= 0.6 is 0 Å². The quantitative estimate of drug-likeness (QED) is 0.163. The van der Waals surface area contributed by atoms with Crippen molar-refractivity contribution in [2.75, 3.05) is 0 Å². The van der Waals surface area contributed by atoms with E-state index in [2.05, 4.69) is 178 Å². The van der Waals surface area contributed by atoms with E-state index in [4.69, 9.17) is 15.0 Å². The van der Waals surface area contributed by atoms with Gasteiger partial charge in [0, 0.05) is 16.7 Å². The number of hydrogen-bond donors (Lipinski definition) is 0. The number of rotatable bonds is 6. The summed E-state index contributed by atoms with van der Waals surface area (Å²) in [5, 5.41) is 0. The third-order valence-electron chi connectivity index (χ3n) is 10.5. The molecule has 0 unspecified atom stereocenters. The zero-order chi connectivity index (χ0) is 35.8. The van der Waals surface area contributed by atoms with Crippen LogP contribution in [0.25, 0.3) is 62.0 Å². The van der Waals surface area contributed by atoms with Crippen LogP contribution in [0.15, 0.2) is 200 Å². The predicted molar refractivity (Wildman–Crippen MR) is 223 cm³/mol. The van der Waals surface area contributed by atoms with Gasteiger partial charge in [-0.25, -0.2) is 15.0 Å². The van der Waals surface area contributed by atoms with Gasteiger partial charge in [0.15, 0.2) is 17.5 Å². The van der Waals surface area contributed by atoms with Crippen molar-refractivity contribution in [3.8, 4) is 56.4 Å². The van der Waals surface area contributed by atoms with Crippen LogP contribution < -0.4 is 0 Å². The summed E-state index contributed by atoms with van der Waals surface area (Å²) in [6.07, 6.45) is 17.4. The van der Waals surface area contributed by atoms with Gasteiger partial charge in [0.2, 0.25) is 0 Å². The van der Waals surface area contributed by atoms with E-state index >= 15 is 0 Å². The predicted octanol–water partition coefficient (Wildman–Crippen LogP) is 9.29. The largest absolute Gasteiger partial charge is 0.423 e. The van der Waals surface area contributed by atoms with Gasteiger partial charge in [-0.15, -0.1) is 0 Å². The fourth-order valence-electron chi connectivity index (χ4n) is 7.80. The monoisotopic (exact) mass is 690 g/mol. The molecular formula is C45H33B3N6. The van der Waals surface area contributed by atoms with Gasteiger partial charge in [0.05, 0.1) is 0 Å². The smallest absolute Gasteiger partial charge is 0.381 e. The van der Waals surface area contributed by atoms with Crippen molar-refractivity contribution in [2.24, 2.45) is 0 Å². The van der Waals surface area contributed by atoms with Crippen LogP contribution in [0.1, 0.15) is 5.56 Å². The van der Waals surface area contributed by atoms with Gasteiger partial charge < -0.3 is 14.2 Å². The lowest BCUT2D eigenvalue weighted by atomic mass is 9.41. The lowest BCUT2D eigenvalue weighted by Gasteiger charge is -2.53. The van der Waals surface area contributed by atoms with Crippen LogP contribution in [0.5, 0.6) is 0 Å². The summed E-state index contributed by atoms with van der Waals surface area (Å²) in [7, 11) is 0. The number of hydrogen-bond acceptors (Lipinski definition) is 6. The van der Waals surface area contributed by atoms with Gasteiger partial charge in [-0.3, -0.25) is 0 Å². The number of fused-ring (bicyclic) bond motifs is 6. The normalized spacial score (nSPS) is 15.3. The molecule has 5 heterocycles. The maximum Gasteiger partial charge on any atom is 0.381 e. The van der Waals surface area contributed by atoms with E-state index in [0.717, 1.165) is 38.9 Å². The standard InChI is InChI=1S/C45H33B3N6/c1-4-14-34(15-5-1)35-20-22-38(23-21-35)44-49-43(37-18-8-3-9-19-37)50-45(51-44)39-24-25-41(42(32-39)36-16-6-2-7-17-36)40-26-31-54-47-28-10-12-29-52(47)46-27-11-13-30-53(46)48(54)33-40/h1-33H. The lowest BCUT2D eigenvalue weighted by Crippen LogP contribution is -2.73. The molecule has 4 aliphatic heterocycles. The molecule has 0 amide bonds. The summed E-state index contributed by atoms with van der Waals surface area (Å²) in [6, 6.07) is 46.3. The maximum absolute atomic E-state index is 5.12. The molecule has 1 saturated heterocycles. The molecule has 0 spiro atoms. The molecule has 1 fully saturated rings. The van der Waals surface area contributed by atoms with Crippen LogP contribution in [-0.4, -0.2) is 50.1 Å². The summed E-state index contributed by atoms with van der Waals surface area (Å²) in [5.74, 6) is 8.85. The molecule has 0 bridgehead atoms. The molecule has 0 radical (unpaired) electrons. The Bertz CT molecular complexity index is 2510. The first-order chi connectivity index (χ1) is 26.8. The van der Waals surface area contributed by atoms with Crippen molar-refractivity contribution >= 4 is 26.5 Å². The van der Waals surface area contributed by atoms with Gasteiger partial charge in [0.1, 0.15) is 0 Å². The lowest BCUT2D eigenvalue weighted by molar-refractivity contribution is 0.622. The minimum absolute atomic E-state index is 0.0460. The molecule has 1 aromatic heterocycles. The van der Waals surface area contributed by atoms with Crippen LogP contribution in [0, 0.1) is 0 Å². The fourth-order valence-corrected chi connectivity index (χ4v) is 7.80. The van der Waals surface area contributed by atoms with Crippen LogP contribution in [-0.2, 0) is 0 Å². The molecule has 0 aliphatic carbocycles. The molecule has 0 saturated carbocycles. The maximum atomic E-state index is 5.12. The Morgan fingerprint density at radius 1 is 0.370 bits per heavy atom. The molecule has 0 atom stereocenters. The van der Waals surface area contributed by atoms with Crippen molar-refractivity contribution < 1.29 is 0 Å². The third-order valence-corrected chi connectivity index (χ3v) is 10.5. The Labute approximate surface area is 316 Å². The van der Waals surface area contributed by atoms with Crippen molar-refractivity contribution in [1.29, 1.82) is 0 Å². The number of aromatic nitrogens is 3. The second-order valence-corrected chi connectivity index (χ2v) is 13.7. The molecule has 10 rings (SSSR count). The average molecular weight is 690 g/mol. The molecular weight excluding hydrogens is 657 g/mol. The minimum atomic E-state index is 0.0460. The summed E-state index contributed by atoms with van der Waals surface area (Å²) >= 11 is 0. The molecule has 6 nitrogen and oxygen atoms in total. The highest BCUT2D eigenvalue weighted by Crippen LogP contribution is 2.38. The SMILES string of the molecule is C1=CB2N3C=CC=CB3N3C=CC(c4ccc(-c5nc(-c6ccccc6)nc(-c6ccc(-c7ccccc7)cc6)n5)cc4-c4ccccc4)=CB3N2C=C1. The highest BCUT2D eigenvalue weighted by molar-refractivity contribution is 6.92. The Morgan fingerprint density at radius 2 is 0.833 bits per heavy atom. The number of nitrogens with zero attached hydrogens (tertiary/aromatic N) is 6. The molecule has 54 heavy (non-hydrogen) atoms. The number of allylic oxidation sites excluding steroid dienone is 6. The van der Waals surface area contributed by atoms with Gasteiger partial charge in [0.25, 0.3) is 0 Å². The molecule has 252 valence electrons. The molecule has 6 aromatic rings. The van der Waals surface area contributed by atoms with Crippen LogP contribution in [0.2, 0.25) is 0 Å².